The van der Waals surface area contributed by atoms with Crippen LogP contribution in [0, 0.1) is 0 Å². The molecule has 0 radical (unpaired) electrons. The van der Waals surface area contributed by atoms with Crippen molar-refractivity contribution in [2.45, 2.75) is 38.8 Å². The van der Waals surface area contributed by atoms with Crippen molar-refractivity contribution in [1.82, 2.24) is 4.90 Å². The zero-order chi connectivity index (χ0) is 11.5. The summed E-state index contributed by atoms with van der Waals surface area (Å²) in [5.74, 6) is 1.71. The van der Waals surface area contributed by atoms with Crippen molar-refractivity contribution in [3.63, 3.8) is 0 Å². The monoisotopic (exact) mass is 229 g/mol. The molecule has 15 heavy (non-hydrogen) atoms. The lowest BCUT2D eigenvalue weighted by Gasteiger charge is -2.27. The predicted octanol–water partition coefficient (Wildman–Crippen LogP) is 2.87. The minimum atomic E-state index is -0.414. The van der Waals surface area contributed by atoms with Gasteiger partial charge >= 0.3 is 6.09 Å². The van der Waals surface area contributed by atoms with Gasteiger partial charge in [0, 0.05) is 11.8 Å². The average molecular weight is 229 g/mol. The zero-order valence-electron chi connectivity index (χ0n) is 9.66. The first kappa shape index (κ1) is 12.4. The van der Waals surface area contributed by atoms with E-state index in [-0.39, 0.29) is 12.1 Å². The molecule has 1 heterocycles. The van der Waals surface area contributed by atoms with Crippen LogP contribution in [0.2, 0.25) is 0 Å². The molecular formula is C11H19NO2S. The molecule has 0 aromatic rings. The minimum absolute atomic E-state index is 0.209. The molecule has 0 N–H and O–H groups in total. The fourth-order valence-corrected chi connectivity index (χ4v) is 2.60. The number of thioether (sulfide) groups is 1. The number of carbonyl (C=O) groups is 1. The highest BCUT2D eigenvalue weighted by atomic mass is 32.2. The highest BCUT2D eigenvalue weighted by Crippen LogP contribution is 2.25. The summed E-state index contributed by atoms with van der Waals surface area (Å²) in [6.45, 7) is 9.36. The molecule has 0 aliphatic carbocycles. The molecule has 1 amide bonds. The fraction of sp³-hybridized carbons (Fsp3) is 0.727. The first-order valence-electron chi connectivity index (χ1n) is 5.12. The van der Waals surface area contributed by atoms with Gasteiger partial charge < -0.3 is 4.74 Å². The molecule has 1 aliphatic rings. The maximum absolute atomic E-state index is 11.8. The van der Waals surface area contributed by atoms with Crippen molar-refractivity contribution in [3.8, 4) is 0 Å². The van der Waals surface area contributed by atoms with Crippen LogP contribution >= 0.6 is 11.8 Å². The molecule has 86 valence electrons. The van der Waals surface area contributed by atoms with Crippen LogP contribution in [-0.2, 0) is 4.74 Å². The molecule has 0 spiro atoms. The number of nitrogens with zero attached hydrogens (tertiary/aromatic N) is 1. The molecule has 0 aromatic carbocycles. The summed E-state index contributed by atoms with van der Waals surface area (Å²) in [5.41, 5.74) is -0.414. The number of ether oxygens (including phenoxy) is 1. The third-order valence-electron chi connectivity index (χ3n) is 2.05. The van der Waals surface area contributed by atoms with E-state index in [1.807, 2.05) is 26.8 Å². The van der Waals surface area contributed by atoms with E-state index in [1.165, 1.54) is 0 Å². The largest absolute Gasteiger partial charge is 0.444 e. The van der Waals surface area contributed by atoms with Crippen LogP contribution in [0.3, 0.4) is 0 Å². The van der Waals surface area contributed by atoms with Gasteiger partial charge in [0.05, 0.1) is 5.88 Å². The topological polar surface area (TPSA) is 29.5 Å². The highest BCUT2D eigenvalue weighted by molar-refractivity contribution is 7.99. The molecule has 1 atom stereocenters. The Morgan fingerprint density at radius 2 is 2.33 bits per heavy atom. The molecule has 0 aromatic heterocycles. The van der Waals surface area contributed by atoms with Gasteiger partial charge in [-0.15, -0.1) is 18.3 Å². The lowest BCUT2D eigenvalue weighted by atomic mass is 10.2. The SMILES string of the molecule is C=CCC1CSCN1C(=O)OC(C)(C)C. The van der Waals surface area contributed by atoms with Crippen LogP contribution in [0.5, 0.6) is 0 Å². The van der Waals surface area contributed by atoms with E-state index in [9.17, 15) is 4.79 Å². The molecule has 0 bridgehead atoms. The van der Waals surface area contributed by atoms with E-state index in [0.29, 0.717) is 0 Å². The maximum atomic E-state index is 11.8. The molecule has 1 rings (SSSR count). The second kappa shape index (κ2) is 4.92. The zero-order valence-corrected chi connectivity index (χ0v) is 10.5. The lowest BCUT2D eigenvalue weighted by Crippen LogP contribution is -2.40. The molecule has 4 heteroatoms. The molecule has 1 fully saturated rings. The van der Waals surface area contributed by atoms with E-state index in [2.05, 4.69) is 6.58 Å². The summed E-state index contributed by atoms with van der Waals surface area (Å²) in [5, 5.41) is 0. The Balaban J connectivity index is 2.54. The Morgan fingerprint density at radius 3 is 2.87 bits per heavy atom. The third kappa shape index (κ3) is 3.78. The van der Waals surface area contributed by atoms with Crippen LogP contribution in [-0.4, -0.2) is 34.3 Å². The number of carbonyl (C=O) groups excluding carboxylic acids is 1. The van der Waals surface area contributed by atoms with E-state index >= 15 is 0 Å². The minimum Gasteiger partial charge on any atom is -0.444 e. The summed E-state index contributed by atoms with van der Waals surface area (Å²) < 4.78 is 5.34. The number of amides is 1. The van der Waals surface area contributed by atoms with E-state index in [4.69, 9.17) is 4.74 Å². The number of rotatable bonds is 2. The summed E-state index contributed by atoms with van der Waals surface area (Å²) in [4.78, 5) is 13.6. The van der Waals surface area contributed by atoms with Crippen LogP contribution in [0.4, 0.5) is 4.79 Å². The molecule has 1 unspecified atom stereocenters. The fourth-order valence-electron chi connectivity index (χ4n) is 1.39. The Bertz CT molecular complexity index is 247. The van der Waals surface area contributed by atoms with Crippen molar-refractivity contribution in [3.05, 3.63) is 12.7 Å². The van der Waals surface area contributed by atoms with Gasteiger partial charge in [0.25, 0.3) is 0 Å². The van der Waals surface area contributed by atoms with Crippen molar-refractivity contribution in [2.24, 2.45) is 0 Å². The first-order valence-corrected chi connectivity index (χ1v) is 6.28. The van der Waals surface area contributed by atoms with Gasteiger partial charge in [0.2, 0.25) is 0 Å². The Morgan fingerprint density at radius 1 is 1.67 bits per heavy atom. The van der Waals surface area contributed by atoms with Gasteiger partial charge in [0.1, 0.15) is 5.60 Å². The van der Waals surface area contributed by atoms with Gasteiger partial charge in [0.15, 0.2) is 0 Å². The molecule has 0 saturated carbocycles. The third-order valence-corrected chi connectivity index (χ3v) is 3.13. The Labute approximate surface area is 95.9 Å². The number of hydrogen-bond donors (Lipinski definition) is 0. The van der Waals surface area contributed by atoms with E-state index < -0.39 is 5.60 Å². The van der Waals surface area contributed by atoms with Gasteiger partial charge in [-0.3, -0.25) is 4.90 Å². The standard InChI is InChI=1S/C11H19NO2S/c1-5-6-9-7-15-8-12(9)10(13)14-11(2,3)4/h5,9H,1,6-8H2,2-4H3. The van der Waals surface area contributed by atoms with Crippen molar-refractivity contribution in [1.29, 1.82) is 0 Å². The average Bonchev–Trinajstić information content (AvgIpc) is 2.49. The molecule has 3 nitrogen and oxygen atoms in total. The van der Waals surface area contributed by atoms with Crippen LogP contribution in [0.15, 0.2) is 12.7 Å². The van der Waals surface area contributed by atoms with Crippen LogP contribution in [0.1, 0.15) is 27.2 Å². The van der Waals surface area contributed by atoms with Crippen molar-refractivity contribution >= 4 is 17.9 Å². The van der Waals surface area contributed by atoms with Crippen LogP contribution in [0.25, 0.3) is 0 Å². The van der Waals surface area contributed by atoms with Crippen LogP contribution < -0.4 is 0 Å². The highest BCUT2D eigenvalue weighted by Gasteiger charge is 2.31. The normalized spacial score (nSPS) is 21.5. The van der Waals surface area contributed by atoms with E-state index in [0.717, 1.165) is 18.1 Å². The summed E-state index contributed by atoms with van der Waals surface area (Å²) in [6.07, 6.45) is 2.49. The molecule has 1 saturated heterocycles. The summed E-state index contributed by atoms with van der Waals surface area (Å²) >= 11 is 1.76. The lowest BCUT2D eigenvalue weighted by molar-refractivity contribution is 0.0242. The number of hydrogen-bond acceptors (Lipinski definition) is 3. The Kier molecular flexibility index (Phi) is 4.08. The Hall–Kier alpha value is -0.640. The quantitative estimate of drug-likeness (QED) is 0.682. The van der Waals surface area contributed by atoms with Crippen molar-refractivity contribution < 1.29 is 9.53 Å². The molecular weight excluding hydrogens is 210 g/mol. The second-order valence-electron chi connectivity index (χ2n) is 4.63. The van der Waals surface area contributed by atoms with Gasteiger partial charge in [-0.1, -0.05) is 6.08 Å². The second-order valence-corrected chi connectivity index (χ2v) is 5.63. The van der Waals surface area contributed by atoms with Gasteiger partial charge in [-0.25, -0.2) is 4.79 Å². The van der Waals surface area contributed by atoms with E-state index in [1.54, 1.807) is 16.7 Å². The smallest absolute Gasteiger partial charge is 0.411 e. The summed E-state index contributed by atoms with van der Waals surface area (Å²) in [7, 11) is 0. The van der Waals surface area contributed by atoms with Crippen molar-refractivity contribution in [2.75, 3.05) is 11.6 Å². The maximum Gasteiger partial charge on any atom is 0.411 e. The van der Waals surface area contributed by atoms with Gasteiger partial charge in [-0.2, -0.15) is 0 Å². The predicted molar refractivity (Wildman–Crippen MR) is 64.0 cm³/mol. The first-order chi connectivity index (χ1) is 6.94. The molecule has 1 aliphatic heterocycles. The summed E-state index contributed by atoms with van der Waals surface area (Å²) in [6, 6.07) is 0.252. The van der Waals surface area contributed by atoms with Gasteiger partial charge in [-0.05, 0) is 27.2 Å².